The molecule has 0 radical (unpaired) electrons. The largest absolute Gasteiger partial charge is 0.493 e. The lowest BCUT2D eigenvalue weighted by Gasteiger charge is -2.24. The molecule has 1 nitrogen and oxygen atoms in total. The minimum absolute atomic E-state index is 0.744. The zero-order chi connectivity index (χ0) is 14.5. The fraction of sp³-hybridized carbons (Fsp3) is 0.500. The minimum atomic E-state index is 0.744. The topological polar surface area (TPSA) is 9.23 Å². The van der Waals surface area contributed by atoms with E-state index in [1.807, 2.05) is 0 Å². The molecule has 0 aromatic heterocycles. The molecule has 1 aliphatic rings. The summed E-state index contributed by atoms with van der Waals surface area (Å²) >= 11 is 0. The summed E-state index contributed by atoms with van der Waals surface area (Å²) < 4.78 is 6.00. The molecular formula is C20H26O. The van der Waals surface area contributed by atoms with Crippen molar-refractivity contribution in [1.82, 2.24) is 0 Å². The highest BCUT2D eigenvalue weighted by Gasteiger charge is 2.18. The van der Waals surface area contributed by atoms with Crippen LogP contribution in [0.15, 0.2) is 36.4 Å². The Hall–Kier alpha value is -1.50. The Morgan fingerprint density at radius 2 is 1.71 bits per heavy atom. The average molecular weight is 282 g/mol. The van der Waals surface area contributed by atoms with Gasteiger partial charge in [0.15, 0.2) is 0 Å². The molecule has 21 heavy (non-hydrogen) atoms. The zero-order valence-corrected chi connectivity index (χ0v) is 13.1. The van der Waals surface area contributed by atoms with Gasteiger partial charge in [-0.1, -0.05) is 62.9 Å². The van der Waals surface area contributed by atoms with Crippen molar-refractivity contribution in [2.24, 2.45) is 0 Å². The second kappa shape index (κ2) is 6.98. The van der Waals surface area contributed by atoms with Gasteiger partial charge in [-0.05, 0) is 42.2 Å². The molecule has 1 aliphatic carbocycles. The molecule has 1 heteroatoms. The predicted molar refractivity (Wildman–Crippen MR) is 90.2 cm³/mol. The van der Waals surface area contributed by atoms with Gasteiger partial charge in [0.2, 0.25) is 0 Å². The summed E-state index contributed by atoms with van der Waals surface area (Å²) in [5.41, 5.74) is 1.54. The van der Waals surface area contributed by atoms with Crippen LogP contribution in [0, 0.1) is 0 Å². The van der Waals surface area contributed by atoms with Crippen molar-refractivity contribution in [2.45, 2.75) is 57.8 Å². The van der Waals surface area contributed by atoms with Crippen LogP contribution in [0.4, 0.5) is 0 Å². The number of unbranched alkanes of at least 4 members (excludes halogenated alkanes) is 1. The van der Waals surface area contributed by atoms with Gasteiger partial charge in [-0.25, -0.2) is 0 Å². The molecule has 0 saturated heterocycles. The van der Waals surface area contributed by atoms with Crippen LogP contribution in [0.3, 0.4) is 0 Å². The Morgan fingerprint density at radius 3 is 2.48 bits per heavy atom. The smallest absolute Gasteiger partial charge is 0.127 e. The van der Waals surface area contributed by atoms with Crippen molar-refractivity contribution in [3.8, 4) is 5.75 Å². The lowest BCUT2D eigenvalue weighted by atomic mass is 9.82. The number of fused-ring (bicyclic) bond motifs is 1. The SMILES string of the molecule is CCCCOc1ccc(C2CCCCC2)c2ccccc12. The van der Waals surface area contributed by atoms with Gasteiger partial charge in [-0.2, -0.15) is 0 Å². The van der Waals surface area contributed by atoms with Crippen LogP contribution in [-0.4, -0.2) is 6.61 Å². The van der Waals surface area contributed by atoms with E-state index in [2.05, 4.69) is 43.3 Å². The molecule has 0 bridgehead atoms. The fourth-order valence-corrected chi connectivity index (χ4v) is 3.52. The quantitative estimate of drug-likeness (QED) is 0.605. The van der Waals surface area contributed by atoms with Crippen molar-refractivity contribution < 1.29 is 4.74 Å². The Balaban J connectivity index is 1.93. The van der Waals surface area contributed by atoms with Crippen LogP contribution in [0.2, 0.25) is 0 Å². The van der Waals surface area contributed by atoms with E-state index < -0.39 is 0 Å². The van der Waals surface area contributed by atoms with E-state index in [0.29, 0.717) is 0 Å². The summed E-state index contributed by atoms with van der Waals surface area (Å²) in [7, 11) is 0. The molecule has 0 heterocycles. The molecule has 112 valence electrons. The Bertz CT molecular complexity index is 581. The summed E-state index contributed by atoms with van der Waals surface area (Å²) in [5, 5.41) is 2.69. The van der Waals surface area contributed by atoms with E-state index in [1.54, 1.807) is 0 Å². The van der Waals surface area contributed by atoms with Gasteiger partial charge < -0.3 is 4.74 Å². The van der Waals surface area contributed by atoms with Gasteiger partial charge in [-0.3, -0.25) is 0 Å². The van der Waals surface area contributed by atoms with Gasteiger partial charge in [0.05, 0.1) is 6.61 Å². The molecule has 1 fully saturated rings. The van der Waals surface area contributed by atoms with E-state index in [4.69, 9.17) is 4.74 Å². The lowest BCUT2D eigenvalue weighted by Crippen LogP contribution is -2.05. The first-order valence-corrected chi connectivity index (χ1v) is 8.54. The maximum atomic E-state index is 6.00. The molecule has 0 aliphatic heterocycles. The fourth-order valence-electron chi connectivity index (χ4n) is 3.52. The number of rotatable bonds is 5. The predicted octanol–water partition coefficient (Wildman–Crippen LogP) is 6.07. The van der Waals surface area contributed by atoms with Gasteiger partial charge in [0.1, 0.15) is 5.75 Å². The summed E-state index contributed by atoms with van der Waals surface area (Å²) in [4.78, 5) is 0. The minimum Gasteiger partial charge on any atom is -0.493 e. The Labute approximate surface area is 128 Å². The summed E-state index contributed by atoms with van der Waals surface area (Å²) in [6.07, 6.45) is 9.17. The average Bonchev–Trinajstić information content (AvgIpc) is 2.56. The first-order chi connectivity index (χ1) is 10.4. The van der Waals surface area contributed by atoms with Crippen LogP contribution in [-0.2, 0) is 0 Å². The van der Waals surface area contributed by atoms with E-state index in [-0.39, 0.29) is 0 Å². The molecule has 3 rings (SSSR count). The van der Waals surface area contributed by atoms with Gasteiger partial charge >= 0.3 is 0 Å². The third-order valence-electron chi connectivity index (χ3n) is 4.72. The highest BCUT2D eigenvalue weighted by molar-refractivity contribution is 5.91. The molecule has 0 N–H and O–H groups in total. The summed E-state index contributed by atoms with van der Waals surface area (Å²) in [5.74, 6) is 1.80. The number of benzene rings is 2. The standard InChI is InChI=1S/C20H26O/c1-2-3-15-21-20-14-13-17(16-9-5-4-6-10-16)18-11-7-8-12-19(18)20/h7-8,11-14,16H,2-6,9-10,15H2,1H3. The van der Waals surface area contributed by atoms with Gasteiger partial charge in [-0.15, -0.1) is 0 Å². The van der Waals surface area contributed by atoms with Crippen LogP contribution < -0.4 is 4.74 Å². The van der Waals surface area contributed by atoms with Crippen molar-refractivity contribution in [1.29, 1.82) is 0 Å². The Morgan fingerprint density at radius 1 is 0.952 bits per heavy atom. The highest BCUT2D eigenvalue weighted by Crippen LogP contribution is 2.39. The molecule has 0 atom stereocenters. The second-order valence-electron chi connectivity index (χ2n) is 6.24. The monoisotopic (exact) mass is 282 g/mol. The van der Waals surface area contributed by atoms with Crippen molar-refractivity contribution in [3.05, 3.63) is 42.0 Å². The maximum Gasteiger partial charge on any atom is 0.127 e. The lowest BCUT2D eigenvalue weighted by molar-refractivity contribution is 0.313. The van der Waals surface area contributed by atoms with Crippen LogP contribution in [0.1, 0.15) is 63.4 Å². The molecular weight excluding hydrogens is 256 g/mol. The van der Waals surface area contributed by atoms with Gasteiger partial charge in [0.25, 0.3) is 0 Å². The molecule has 2 aromatic carbocycles. The first-order valence-electron chi connectivity index (χ1n) is 8.54. The second-order valence-corrected chi connectivity index (χ2v) is 6.24. The highest BCUT2D eigenvalue weighted by atomic mass is 16.5. The van der Waals surface area contributed by atoms with Crippen molar-refractivity contribution >= 4 is 10.8 Å². The molecule has 0 spiro atoms. The van der Waals surface area contributed by atoms with Crippen molar-refractivity contribution in [3.63, 3.8) is 0 Å². The Kier molecular flexibility index (Phi) is 4.80. The molecule has 1 saturated carbocycles. The molecule has 0 amide bonds. The van der Waals surface area contributed by atoms with Crippen LogP contribution in [0.5, 0.6) is 5.75 Å². The van der Waals surface area contributed by atoms with Crippen LogP contribution in [0.25, 0.3) is 10.8 Å². The molecule has 0 unspecified atom stereocenters. The normalized spacial score (nSPS) is 16.2. The third kappa shape index (κ3) is 3.23. The summed E-state index contributed by atoms with van der Waals surface area (Å²) in [6.45, 7) is 3.02. The number of hydrogen-bond acceptors (Lipinski definition) is 1. The number of hydrogen-bond donors (Lipinski definition) is 0. The summed E-state index contributed by atoms with van der Waals surface area (Å²) in [6, 6.07) is 13.3. The maximum absolute atomic E-state index is 6.00. The third-order valence-corrected chi connectivity index (χ3v) is 4.72. The first kappa shape index (κ1) is 14.4. The number of ether oxygens (including phenoxy) is 1. The van der Waals surface area contributed by atoms with Gasteiger partial charge in [0, 0.05) is 5.39 Å². The van der Waals surface area contributed by atoms with E-state index in [9.17, 15) is 0 Å². The van der Waals surface area contributed by atoms with Crippen molar-refractivity contribution in [2.75, 3.05) is 6.61 Å². The van der Waals surface area contributed by atoms with E-state index in [1.165, 1.54) is 54.9 Å². The zero-order valence-electron chi connectivity index (χ0n) is 13.1. The van der Waals surface area contributed by atoms with Crippen LogP contribution >= 0.6 is 0 Å². The van der Waals surface area contributed by atoms with E-state index >= 15 is 0 Å². The molecule has 2 aromatic rings. The van der Waals surface area contributed by atoms with E-state index in [0.717, 1.165) is 24.7 Å².